The van der Waals surface area contributed by atoms with Gasteiger partial charge >= 0.3 is 6.03 Å². The number of amides is 3. The highest BCUT2D eigenvalue weighted by atomic mass is 16.2. The van der Waals surface area contributed by atoms with Crippen molar-refractivity contribution in [1.82, 2.24) is 16.0 Å². The molecule has 0 aliphatic carbocycles. The summed E-state index contributed by atoms with van der Waals surface area (Å²) >= 11 is 0. The molecule has 0 aromatic carbocycles. The van der Waals surface area contributed by atoms with E-state index in [0.717, 1.165) is 0 Å². The van der Waals surface area contributed by atoms with Crippen LogP contribution in [0, 0.1) is 0 Å². The van der Waals surface area contributed by atoms with Gasteiger partial charge in [-0.05, 0) is 19.9 Å². The summed E-state index contributed by atoms with van der Waals surface area (Å²) in [6, 6.07) is -1.11. The number of nitrogens with two attached hydrogens (primary N) is 1. The summed E-state index contributed by atoms with van der Waals surface area (Å²) in [7, 11) is 1.65. The molecule has 7 nitrogen and oxygen atoms in total. The molecule has 5 N–H and O–H groups in total. The number of hydrogen-bond donors (Lipinski definition) is 4. The lowest BCUT2D eigenvalue weighted by Gasteiger charge is -2.12. The van der Waals surface area contributed by atoms with E-state index < -0.39 is 12.1 Å². The number of nitrogens with one attached hydrogen (secondary N) is 3. The van der Waals surface area contributed by atoms with Crippen LogP contribution in [0.15, 0.2) is 0 Å². The summed E-state index contributed by atoms with van der Waals surface area (Å²) in [4.78, 5) is 32.1. The third-order valence-corrected chi connectivity index (χ3v) is 1.84. The Labute approximate surface area is 114 Å². The highest BCUT2D eigenvalue weighted by Crippen LogP contribution is 1.93. The van der Waals surface area contributed by atoms with Gasteiger partial charge in [-0.2, -0.15) is 0 Å². The largest absolute Gasteiger partial charge is 0.352 e. The van der Waals surface area contributed by atoms with E-state index in [0.29, 0.717) is 25.7 Å². The van der Waals surface area contributed by atoms with Crippen LogP contribution in [0.2, 0.25) is 0 Å². The maximum absolute atomic E-state index is 11.1. The van der Waals surface area contributed by atoms with E-state index in [1.807, 2.05) is 0 Å². The van der Waals surface area contributed by atoms with Gasteiger partial charge in [0.05, 0.1) is 12.6 Å². The van der Waals surface area contributed by atoms with E-state index in [9.17, 15) is 14.4 Å². The standard InChI is InChI=1S/C9H18N4O3.C3H8/c1-11-5-8(15)13-7(6-14)3-2-4-12-9(10)16;1-3-2/h6-7,11H,2-5H2,1H3,(H,13,15)(H3,10,12,16);3H2,1-2H3/t7-;/m0./s1. The number of hydrogen-bond acceptors (Lipinski definition) is 4. The molecule has 3 amide bonds. The molecular formula is C12H26N4O3. The van der Waals surface area contributed by atoms with Gasteiger partial charge in [0.1, 0.15) is 6.29 Å². The zero-order valence-electron chi connectivity index (χ0n) is 12.0. The van der Waals surface area contributed by atoms with E-state index in [-0.39, 0.29) is 12.5 Å². The number of urea groups is 1. The van der Waals surface area contributed by atoms with Crippen molar-refractivity contribution in [1.29, 1.82) is 0 Å². The van der Waals surface area contributed by atoms with Gasteiger partial charge in [0.2, 0.25) is 5.91 Å². The van der Waals surface area contributed by atoms with Crippen molar-refractivity contribution in [3.8, 4) is 0 Å². The SMILES string of the molecule is CCC.CNCC(=O)N[C@H](C=O)CCCNC(N)=O. The van der Waals surface area contributed by atoms with Gasteiger partial charge < -0.3 is 26.5 Å². The maximum Gasteiger partial charge on any atom is 0.312 e. The topological polar surface area (TPSA) is 113 Å². The third-order valence-electron chi connectivity index (χ3n) is 1.84. The zero-order valence-corrected chi connectivity index (χ0v) is 12.0. The molecule has 0 unspecified atom stereocenters. The molecule has 0 aliphatic rings. The van der Waals surface area contributed by atoms with Crippen LogP contribution in [0.3, 0.4) is 0 Å². The monoisotopic (exact) mass is 274 g/mol. The van der Waals surface area contributed by atoms with E-state index in [2.05, 4.69) is 29.8 Å². The molecule has 19 heavy (non-hydrogen) atoms. The first-order valence-electron chi connectivity index (χ1n) is 6.44. The normalized spacial score (nSPS) is 10.7. The predicted octanol–water partition coefficient (Wildman–Crippen LogP) is -0.246. The van der Waals surface area contributed by atoms with E-state index in [4.69, 9.17) is 5.73 Å². The van der Waals surface area contributed by atoms with Gasteiger partial charge in [0.15, 0.2) is 0 Å². The number of aldehydes is 1. The summed E-state index contributed by atoms with van der Waals surface area (Å²) in [6.45, 7) is 4.81. The first-order valence-corrected chi connectivity index (χ1v) is 6.44. The Bertz CT molecular complexity index is 259. The summed E-state index contributed by atoms with van der Waals surface area (Å²) < 4.78 is 0. The number of primary amides is 1. The van der Waals surface area contributed by atoms with Crippen molar-refractivity contribution in [2.24, 2.45) is 5.73 Å². The minimum atomic E-state index is -0.595. The molecule has 1 atom stereocenters. The molecule has 0 saturated carbocycles. The Hall–Kier alpha value is -1.63. The fourth-order valence-electron chi connectivity index (χ4n) is 1.13. The van der Waals surface area contributed by atoms with Crippen LogP contribution in [-0.4, -0.2) is 44.4 Å². The molecule has 0 heterocycles. The minimum Gasteiger partial charge on any atom is -0.352 e. The fraction of sp³-hybridized carbons (Fsp3) is 0.750. The Morgan fingerprint density at radius 2 is 1.89 bits per heavy atom. The van der Waals surface area contributed by atoms with Gasteiger partial charge in [-0.25, -0.2) is 4.79 Å². The van der Waals surface area contributed by atoms with E-state index in [1.165, 1.54) is 6.42 Å². The van der Waals surface area contributed by atoms with Crippen molar-refractivity contribution in [2.75, 3.05) is 20.1 Å². The van der Waals surface area contributed by atoms with E-state index >= 15 is 0 Å². The molecule has 0 aromatic heterocycles. The Morgan fingerprint density at radius 1 is 1.32 bits per heavy atom. The Balaban J connectivity index is 0. The van der Waals surface area contributed by atoms with Crippen molar-refractivity contribution >= 4 is 18.2 Å². The van der Waals surface area contributed by atoms with Gasteiger partial charge in [-0.15, -0.1) is 0 Å². The number of rotatable bonds is 8. The van der Waals surface area contributed by atoms with Crippen molar-refractivity contribution < 1.29 is 14.4 Å². The fourth-order valence-corrected chi connectivity index (χ4v) is 1.13. The van der Waals surface area contributed by atoms with Crippen LogP contribution >= 0.6 is 0 Å². The molecule has 0 aliphatic heterocycles. The van der Waals surface area contributed by atoms with Crippen LogP contribution in [0.4, 0.5) is 4.79 Å². The van der Waals surface area contributed by atoms with E-state index in [1.54, 1.807) is 7.05 Å². The highest BCUT2D eigenvalue weighted by Gasteiger charge is 2.09. The molecular weight excluding hydrogens is 248 g/mol. The quantitative estimate of drug-likeness (QED) is 0.361. The second kappa shape index (κ2) is 14.4. The molecule has 0 radical (unpaired) electrons. The van der Waals surface area contributed by atoms with Gasteiger partial charge in [-0.1, -0.05) is 20.3 Å². The first kappa shape index (κ1) is 19.7. The number of likely N-dealkylation sites (N-methyl/N-ethyl adjacent to an activating group) is 1. The average Bonchev–Trinajstić information content (AvgIpc) is 2.34. The number of carbonyl (C=O) groups is 3. The Morgan fingerprint density at radius 3 is 2.32 bits per heavy atom. The van der Waals surface area contributed by atoms with Crippen LogP contribution in [0.1, 0.15) is 33.1 Å². The number of carbonyl (C=O) groups excluding carboxylic acids is 3. The second-order valence-corrected chi connectivity index (χ2v) is 3.98. The summed E-state index contributed by atoms with van der Waals surface area (Å²) in [5.41, 5.74) is 4.86. The smallest absolute Gasteiger partial charge is 0.312 e. The van der Waals surface area contributed by atoms with Crippen molar-refractivity contribution in [2.45, 2.75) is 39.2 Å². The van der Waals surface area contributed by atoms with Crippen LogP contribution in [0.5, 0.6) is 0 Å². The molecule has 0 spiro atoms. The molecule has 0 aromatic rings. The lowest BCUT2D eigenvalue weighted by molar-refractivity contribution is -0.123. The second-order valence-electron chi connectivity index (χ2n) is 3.98. The maximum atomic E-state index is 11.1. The third kappa shape index (κ3) is 16.4. The average molecular weight is 274 g/mol. The molecule has 0 rings (SSSR count). The zero-order chi connectivity index (χ0) is 15.1. The molecule has 112 valence electrons. The minimum absolute atomic E-state index is 0.171. The van der Waals surface area contributed by atoms with Crippen LogP contribution < -0.4 is 21.7 Å². The predicted molar refractivity (Wildman–Crippen MR) is 74.7 cm³/mol. The van der Waals surface area contributed by atoms with Crippen LogP contribution in [0.25, 0.3) is 0 Å². The molecule has 0 fully saturated rings. The molecule has 0 saturated heterocycles. The Kier molecular flexibility index (Phi) is 15.0. The van der Waals surface area contributed by atoms with Gasteiger partial charge in [-0.3, -0.25) is 4.79 Å². The van der Waals surface area contributed by atoms with Gasteiger partial charge in [0.25, 0.3) is 0 Å². The van der Waals surface area contributed by atoms with Gasteiger partial charge in [0, 0.05) is 6.54 Å². The summed E-state index contributed by atoms with van der Waals surface area (Å²) in [5.74, 6) is -0.234. The molecule has 7 heteroatoms. The lowest BCUT2D eigenvalue weighted by Crippen LogP contribution is -2.41. The molecule has 0 bridgehead atoms. The summed E-state index contributed by atoms with van der Waals surface area (Å²) in [5, 5.41) is 7.62. The first-order chi connectivity index (χ1) is 9.01. The lowest BCUT2D eigenvalue weighted by atomic mass is 10.2. The highest BCUT2D eigenvalue weighted by molar-refractivity contribution is 5.81. The van der Waals surface area contributed by atoms with Crippen molar-refractivity contribution in [3.05, 3.63) is 0 Å². The van der Waals surface area contributed by atoms with Crippen LogP contribution in [-0.2, 0) is 9.59 Å². The summed E-state index contributed by atoms with van der Waals surface area (Å²) in [6.07, 6.45) is 2.98. The van der Waals surface area contributed by atoms with Crippen molar-refractivity contribution in [3.63, 3.8) is 0 Å².